The molecule has 7 heteroatoms. The first-order valence-electron chi connectivity index (χ1n) is 8.96. The summed E-state index contributed by atoms with van der Waals surface area (Å²) >= 11 is 0. The molecule has 2 aromatic rings. The third-order valence-corrected chi connectivity index (χ3v) is 3.73. The van der Waals surface area contributed by atoms with Crippen LogP contribution < -0.4 is 10.1 Å². The van der Waals surface area contributed by atoms with Crippen molar-refractivity contribution in [1.29, 1.82) is 0 Å². The van der Waals surface area contributed by atoms with Gasteiger partial charge >= 0.3 is 5.97 Å². The first-order chi connectivity index (χ1) is 12.8. The van der Waals surface area contributed by atoms with Crippen LogP contribution in [0.3, 0.4) is 0 Å². The lowest BCUT2D eigenvalue weighted by Crippen LogP contribution is -2.20. The molecule has 0 fully saturated rings. The molecule has 1 N–H and O–H groups in total. The van der Waals surface area contributed by atoms with Gasteiger partial charge in [-0.1, -0.05) is 39.3 Å². The SMILES string of the molecule is CCCCOc1ccc(C(=O)OCC(=O)Nc2cc(C(C)(C)C)no2)cc1. The molecule has 1 aromatic heterocycles. The average Bonchev–Trinajstić information content (AvgIpc) is 3.09. The maximum atomic E-state index is 12.0. The summed E-state index contributed by atoms with van der Waals surface area (Å²) in [6.07, 6.45) is 2.03. The average molecular weight is 374 g/mol. The smallest absolute Gasteiger partial charge is 0.338 e. The second kappa shape index (κ2) is 9.21. The van der Waals surface area contributed by atoms with Gasteiger partial charge in [0.05, 0.1) is 17.9 Å². The number of hydrogen-bond donors (Lipinski definition) is 1. The summed E-state index contributed by atoms with van der Waals surface area (Å²) in [5.74, 6) is -0.176. The van der Waals surface area contributed by atoms with Gasteiger partial charge in [-0.3, -0.25) is 10.1 Å². The molecule has 0 aliphatic heterocycles. The van der Waals surface area contributed by atoms with E-state index >= 15 is 0 Å². The molecule has 7 nitrogen and oxygen atoms in total. The molecule has 0 aliphatic carbocycles. The highest BCUT2D eigenvalue weighted by Crippen LogP contribution is 2.23. The summed E-state index contributed by atoms with van der Waals surface area (Å²) < 4.78 is 15.6. The number of hydrogen-bond acceptors (Lipinski definition) is 6. The molecule has 0 bridgehead atoms. The van der Waals surface area contributed by atoms with E-state index in [9.17, 15) is 9.59 Å². The van der Waals surface area contributed by atoms with Crippen molar-refractivity contribution in [3.63, 3.8) is 0 Å². The summed E-state index contributed by atoms with van der Waals surface area (Å²) in [5.41, 5.74) is 0.877. The van der Waals surface area contributed by atoms with Crippen molar-refractivity contribution in [3.05, 3.63) is 41.6 Å². The Morgan fingerprint density at radius 3 is 2.48 bits per heavy atom. The number of benzene rings is 1. The molecule has 0 atom stereocenters. The van der Waals surface area contributed by atoms with Gasteiger partial charge in [-0.15, -0.1) is 0 Å². The van der Waals surface area contributed by atoms with Crippen LogP contribution >= 0.6 is 0 Å². The zero-order valence-electron chi connectivity index (χ0n) is 16.2. The van der Waals surface area contributed by atoms with Crippen LogP contribution in [0.2, 0.25) is 0 Å². The Balaban J connectivity index is 1.80. The second-order valence-corrected chi connectivity index (χ2v) is 7.18. The van der Waals surface area contributed by atoms with Gasteiger partial charge in [0.15, 0.2) is 6.61 Å². The third-order valence-electron chi connectivity index (χ3n) is 3.73. The number of nitrogens with zero attached hydrogens (tertiary/aromatic N) is 1. The number of aromatic nitrogens is 1. The van der Waals surface area contributed by atoms with Crippen molar-refractivity contribution < 1.29 is 23.6 Å². The van der Waals surface area contributed by atoms with E-state index in [0.29, 0.717) is 17.9 Å². The molecule has 27 heavy (non-hydrogen) atoms. The van der Waals surface area contributed by atoms with E-state index in [1.807, 2.05) is 20.8 Å². The van der Waals surface area contributed by atoms with Crippen LogP contribution in [0.4, 0.5) is 5.88 Å². The molecule has 0 spiro atoms. The molecule has 0 saturated heterocycles. The van der Waals surface area contributed by atoms with Crippen LogP contribution in [0, 0.1) is 0 Å². The molecule has 0 saturated carbocycles. The van der Waals surface area contributed by atoms with Crippen molar-refractivity contribution in [1.82, 2.24) is 5.16 Å². The summed E-state index contributed by atoms with van der Waals surface area (Å²) in [6, 6.07) is 8.27. The van der Waals surface area contributed by atoms with Gasteiger partial charge in [0.1, 0.15) is 5.75 Å². The highest BCUT2D eigenvalue weighted by atomic mass is 16.5. The van der Waals surface area contributed by atoms with Crippen LogP contribution in [0.1, 0.15) is 56.6 Å². The van der Waals surface area contributed by atoms with Crippen molar-refractivity contribution in [2.75, 3.05) is 18.5 Å². The number of ether oxygens (including phenoxy) is 2. The normalized spacial score (nSPS) is 11.1. The Kier molecular flexibility index (Phi) is 6.98. The van der Waals surface area contributed by atoms with E-state index in [0.717, 1.165) is 18.5 Å². The lowest BCUT2D eigenvalue weighted by Gasteiger charge is -2.12. The Labute approximate surface area is 159 Å². The fraction of sp³-hybridized carbons (Fsp3) is 0.450. The maximum absolute atomic E-state index is 12.0. The molecule has 146 valence electrons. The largest absolute Gasteiger partial charge is 0.494 e. The molecule has 0 unspecified atom stereocenters. The lowest BCUT2D eigenvalue weighted by atomic mass is 9.92. The minimum atomic E-state index is -0.585. The minimum absolute atomic E-state index is 0.189. The van der Waals surface area contributed by atoms with Gasteiger partial charge in [-0.25, -0.2) is 4.79 Å². The van der Waals surface area contributed by atoms with Crippen molar-refractivity contribution in [2.24, 2.45) is 0 Å². The predicted octanol–water partition coefficient (Wildman–Crippen LogP) is 3.95. The quantitative estimate of drug-likeness (QED) is 0.556. The van der Waals surface area contributed by atoms with Gasteiger partial charge in [0, 0.05) is 11.5 Å². The molecule has 0 aliphatic rings. The van der Waals surface area contributed by atoms with E-state index in [-0.39, 0.29) is 11.3 Å². The number of carbonyl (C=O) groups excluding carboxylic acids is 2. The number of unbranched alkanes of at least 4 members (excludes halogenated alkanes) is 1. The minimum Gasteiger partial charge on any atom is -0.494 e. The van der Waals surface area contributed by atoms with Gasteiger partial charge in [-0.2, -0.15) is 0 Å². The van der Waals surface area contributed by atoms with E-state index < -0.39 is 18.5 Å². The van der Waals surface area contributed by atoms with Gasteiger partial charge in [-0.05, 0) is 30.7 Å². The first-order valence-corrected chi connectivity index (χ1v) is 8.96. The fourth-order valence-electron chi connectivity index (χ4n) is 2.10. The highest BCUT2D eigenvalue weighted by Gasteiger charge is 2.20. The van der Waals surface area contributed by atoms with E-state index in [1.54, 1.807) is 30.3 Å². The van der Waals surface area contributed by atoms with Crippen LogP contribution in [0.5, 0.6) is 5.75 Å². The van der Waals surface area contributed by atoms with Gasteiger partial charge in [0.25, 0.3) is 5.91 Å². The number of nitrogens with one attached hydrogen (secondary N) is 1. The van der Waals surface area contributed by atoms with Crippen molar-refractivity contribution >= 4 is 17.8 Å². The van der Waals surface area contributed by atoms with Crippen molar-refractivity contribution in [3.8, 4) is 5.75 Å². The van der Waals surface area contributed by atoms with Crippen LogP contribution in [-0.4, -0.2) is 30.2 Å². The van der Waals surface area contributed by atoms with Crippen LogP contribution in [0.15, 0.2) is 34.9 Å². The van der Waals surface area contributed by atoms with Crippen LogP contribution in [-0.2, 0) is 14.9 Å². The Morgan fingerprint density at radius 2 is 1.89 bits per heavy atom. The number of anilines is 1. The number of esters is 1. The molecular weight excluding hydrogens is 348 g/mol. The summed E-state index contributed by atoms with van der Waals surface area (Å²) in [6.45, 7) is 8.26. The Hall–Kier alpha value is -2.83. The first kappa shape index (κ1) is 20.5. The third kappa shape index (κ3) is 6.44. The summed E-state index contributed by atoms with van der Waals surface area (Å²) in [5, 5.41) is 6.42. The number of rotatable bonds is 8. The Morgan fingerprint density at radius 1 is 1.19 bits per heavy atom. The summed E-state index contributed by atoms with van der Waals surface area (Å²) in [7, 11) is 0. The van der Waals surface area contributed by atoms with Crippen molar-refractivity contribution in [2.45, 2.75) is 46.0 Å². The molecule has 1 aromatic carbocycles. The summed E-state index contributed by atoms with van der Waals surface area (Å²) in [4.78, 5) is 23.9. The topological polar surface area (TPSA) is 90.7 Å². The van der Waals surface area contributed by atoms with E-state index in [1.165, 1.54) is 0 Å². The number of carbonyl (C=O) groups is 2. The predicted molar refractivity (Wildman–Crippen MR) is 101 cm³/mol. The zero-order valence-corrected chi connectivity index (χ0v) is 16.2. The molecular formula is C20H26N2O5. The van der Waals surface area contributed by atoms with E-state index in [2.05, 4.69) is 17.4 Å². The molecule has 0 radical (unpaired) electrons. The molecule has 1 amide bonds. The highest BCUT2D eigenvalue weighted by molar-refractivity contribution is 5.94. The van der Waals surface area contributed by atoms with Gasteiger partial charge in [0.2, 0.25) is 5.88 Å². The van der Waals surface area contributed by atoms with Crippen LogP contribution in [0.25, 0.3) is 0 Å². The molecule has 2 rings (SSSR count). The zero-order chi connectivity index (χ0) is 19.9. The lowest BCUT2D eigenvalue weighted by molar-refractivity contribution is -0.119. The standard InChI is InChI=1S/C20H26N2O5/c1-5-6-11-25-15-9-7-14(8-10-15)19(24)26-13-17(23)21-18-12-16(22-27-18)20(2,3)4/h7-10,12H,5-6,11,13H2,1-4H3,(H,21,23). The maximum Gasteiger partial charge on any atom is 0.338 e. The fourth-order valence-corrected chi connectivity index (χ4v) is 2.10. The Bertz CT molecular complexity index is 759. The number of amides is 1. The molecule has 1 heterocycles. The second-order valence-electron chi connectivity index (χ2n) is 7.18. The van der Waals surface area contributed by atoms with Gasteiger partial charge < -0.3 is 14.0 Å². The monoisotopic (exact) mass is 374 g/mol. The van der Waals surface area contributed by atoms with E-state index in [4.69, 9.17) is 14.0 Å².